The SMILES string of the molecule is Cc1[nH]n2c(CCCc3ccc([N+](=O)[O-])cc3)nnc2c1N=Nc1cc(C(=O)O)c([N+](=O)[O-])cc1O. The number of carboxylic acid groups (broad SMARTS) is 1. The molecule has 0 radical (unpaired) electrons. The van der Waals surface area contributed by atoms with E-state index in [1.807, 2.05) is 0 Å². The molecule has 0 amide bonds. The van der Waals surface area contributed by atoms with Gasteiger partial charge in [-0.25, -0.2) is 9.31 Å². The summed E-state index contributed by atoms with van der Waals surface area (Å²) in [5, 5.41) is 60.4. The van der Waals surface area contributed by atoms with Gasteiger partial charge in [-0.3, -0.25) is 25.3 Å². The summed E-state index contributed by atoms with van der Waals surface area (Å²) in [5.41, 5.74) is 0.514. The van der Waals surface area contributed by atoms with Crippen molar-refractivity contribution in [1.82, 2.24) is 19.8 Å². The summed E-state index contributed by atoms with van der Waals surface area (Å²) in [4.78, 5) is 31.8. The monoisotopic (exact) mass is 494 g/mol. The van der Waals surface area contributed by atoms with Crippen LogP contribution in [0.25, 0.3) is 5.65 Å². The van der Waals surface area contributed by atoms with Crippen molar-refractivity contribution in [3.8, 4) is 5.75 Å². The number of aromatic hydroxyl groups is 1. The molecule has 0 bridgehead atoms. The first-order valence-corrected chi connectivity index (χ1v) is 10.5. The van der Waals surface area contributed by atoms with E-state index in [0.717, 1.165) is 11.6 Å². The van der Waals surface area contributed by atoms with E-state index in [0.29, 0.717) is 48.2 Å². The number of nitrogens with one attached hydrogen (secondary N) is 1. The molecule has 2 heterocycles. The fourth-order valence-corrected chi connectivity index (χ4v) is 3.56. The van der Waals surface area contributed by atoms with Crippen LogP contribution in [0.1, 0.15) is 33.9 Å². The maximum absolute atomic E-state index is 11.4. The summed E-state index contributed by atoms with van der Waals surface area (Å²) in [6.07, 6.45) is 1.91. The Labute approximate surface area is 201 Å². The molecule has 15 heteroatoms. The number of aryl methyl sites for hydroxylation is 3. The minimum atomic E-state index is -1.55. The molecule has 15 nitrogen and oxygen atoms in total. The maximum atomic E-state index is 11.4. The van der Waals surface area contributed by atoms with E-state index in [1.54, 1.807) is 23.6 Å². The number of fused-ring (bicyclic) bond motifs is 1. The predicted molar refractivity (Wildman–Crippen MR) is 123 cm³/mol. The van der Waals surface area contributed by atoms with Gasteiger partial charge in [0.25, 0.3) is 11.4 Å². The van der Waals surface area contributed by atoms with Gasteiger partial charge >= 0.3 is 5.97 Å². The number of aromatic nitrogens is 4. The molecule has 2 aromatic carbocycles. The van der Waals surface area contributed by atoms with Gasteiger partial charge in [0, 0.05) is 18.6 Å². The number of phenols is 1. The number of nitro groups is 2. The van der Waals surface area contributed by atoms with Crippen LogP contribution in [-0.4, -0.2) is 45.8 Å². The molecule has 4 rings (SSSR count). The number of phenolic OH excluding ortho intramolecular Hbond substituents is 1. The van der Waals surface area contributed by atoms with Crippen molar-refractivity contribution < 1.29 is 24.9 Å². The lowest BCUT2D eigenvalue weighted by Crippen LogP contribution is -2.02. The number of non-ortho nitro benzene ring substituents is 1. The number of H-pyrrole nitrogens is 1. The fraction of sp³-hybridized carbons (Fsp3) is 0.190. The zero-order chi connectivity index (χ0) is 26.0. The van der Waals surface area contributed by atoms with Crippen LogP contribution in [0, 0.1) is 27.2 Å². The Morgan fingerprint density at radius 1 is 1.08 bits per heavy atom. The lowest BCUT2D eigenvalue weighted by molar-refractivity contribution is -0.385. The highest BCUT2D eigenvalue weighted by molar-refractivity contribution is 5.94. The third-order valence-electron chi connectivity index (χ3n) is 5.37. The Bertz CT molecular complexity index is 1520. The van der Waals surface area contributed by atoms with E-state index in [-0.39, 0.29) is 11.4 Å². The average Bonchev–Trinajstić information content (AvgIpc) is 3.36. The topological polar surface area (TPSA) is 215 Å². The van der Waals surface area contributed by atoms with Gasteiger partial charge in [-0.2, -0.15) is 0 Å². The summed E-state index contributed by atoms with van der Waals surface area (Å²) in [6.45, 7) is 1.71. The molecule has 0 aliphatic rings. The van der Waals surface area contributed by atoms with Gasteiger partial charge in [0.05, 0.1) is 21.6 Å². The summed E-state index contributed by atoms with van der Waals surface area (Å²) in [6, 6.07) is 7.90. The molecule has 0 aliphatic carbocycles. The van der Waals surface area contributed by atoms with Gasteiger partial charge < -0.3 is 10.2 Å². The summed E-state index contributed by atoms with van der Waals surface area (Å²) in [7, 11) is 0. The Kier molecular flexibility index (Phi) is 6.36. The number of carbonyl (C=O) groups is 1. The molecular formula is C21H18N8O7. The lowest BCUT2D eigenvalue weighted by atomic mass is 10.1. The first-order valence-electron chi connectivity index (χ1n) is 10.5. The minimum absolute atomic E-state index is 0.0303. The smallest absolute Gasteiger partial charge is 0.342 e. The van der Waals surface area contributed by atoms with Crippen molar-refractivity contribution >= 4 is 34.4 Å². The lowest BCUT2D eigenvalue weighted by Gasteiger charge is -2.02. The number of nitro benzene ring substituents is 2. The molecule has 4 aromatic rings. The van der Waals surface area contributed by atoms with Crippen LogP contribution < -0.4 is 0 Å². The molecule has 0 saturated carbocycles. The van der Waals surface area contributed by atoms with Gasteiger partial charge in [0.15, 0.2) is 11.5 Å². The van der Waals surface area contributed by atoms with Crippen LogP contribution in [0.2, 0.25) is 0 Å². The molecule has 2 aromatic heterocycles. The normalized spacial score (nSPS) is 11.4. The van der Waals surface area contributed by atoms with Crippen LogP contribution in [0.5, 0.6) is 5.75 Å². The van der Waals surface area contributed by atoms with Crippen molar-refractivity contribution in [2.45, 2.75) is 26.2 Å². The standard InChI is InChI=1S/C21H18N8O7/c1-11-19(24-22-15-9-14(21(31)32)16(29(35)36)10-17(15)30)20-25-23-18(27(20)26-11)4-2-3-12-5-7-13(8-6-12)28(33)34/h5-10,26,30H,2-4H2,1H3,(H,31,32). The number of aromatic amines is 1. The number of azo groups is 1. The first-order chi connectivity index (χ1) is 17.2. The molecule has 0 unspecified atom stereocenters. The highest BCUT2D eigenvalue weighted by atomic mass is 16.6. The van der Waals surface area contributed by atoms with Crippen LogP contribution in [0.15, 0.2) is 46.6 Å². The van der Waals surface area contributed by atoms with Crippen LogP contribution in [-0.2, 0) is 12.8 Å². The Morgan fingerprint density at radius 3 is 2.44 bits per heavy atom. The van der Waals surface area contributed by atoms with Gasteiger partial charge in [-0.15, -0.1) is 20.4 Å². The number of aromatic carboxylic acids is 1. The molecule has 0 saturated heterocycles. The second-order valence-electron chi connectivity index (χ2n) is 7.76. The van der Waals surface area contributed by atoms with Gasteiger partial charge in [-0.05, 0) is 31.4 Å². The van der Waals surface area contributed by atoms with Crippen LogP contribution >= 0.6 is 0 Å². The molecular weight excluding hydrogens is 476 g/mol. The Hall–Kier alpha value is -5.21. The summed E-state index contributed by atoms with van der Waals surface area (Å²) < 4.78 is 1.62. The molecule has 3 N–H and O–H groups in total. The average molecular weight is 494 g/mol. The van der Waals surface area contributed by atoms with Crippen LogP contribution in [0.3, 0.4) is 0 Å². The minimum Gasteiger partial charge on any atom is -0.505 e. The zero-order valence-electron chi connectivity index (χ0n) is 18.7. The first kappa shape index (κ1) is 23.9. The Balaban J connectivity index is 1.53. The highest BCUT2D eigenvalue weighted by Crippen LogP contribution is 2.36. The van der Waals surface area contributed by atoms with Crippen LogP contribution in [0.4, 0.5) is 22.7 Å². The quantitative estimate of drug-likeness (QED) is 0.172. The van der Waals surface area contributed by atoms with E-state index in [1.165, 1.54) is 12.1 Å². The van der Waals surface area contributed by atoms with Crippen molar-refractivity contribution in [2.24, 2.45) is 10.2 Å². The zero-order valence-corrected chi connectivity index (χ0v) is 18.7. The third-order valence-corrected chi connectivity index (χ3v) is 5.37. The number of hydrogen-bond donors (Lipinski definition) is 3. The fourth-order valence-electron chi connectivity index (χ4n) is 3.56. The van der Waals surface area contributed by atoms with E-state index in [2.05, 4.69) is 25.5 Å². The van der Waals surface area contributed by atoms with E-state index < -0.39 is 32.8 Å². The maximum Gasteiger partial charge on any atom is 0.342 e. The van der Waals surface area contributed by atoms with Crippen molar-refractivity contribution in [2.75, 3.05) is 0 Å². The number of nitrogens with zero attached hydrogens (tertiary/aromatic N) is 7. The third kappa shape index (κ3) is 4.70. The molecule has 184 valence electrons. The van der Waals surface area contributed by atoms with E-state index in [9.17, 15) is 35.2 Å². The number of hydrogen-bond acceptors (Lipinski definition) is 10. The predicted octanol–water partition coefficient (Wildman–Crippen LogP) is 4.18. The summed E-state index contributed by atoms with van der Waals surface area (Å²) in [5.74, 6) is -1.54. The van der Waals surface area contributed by atoms with E-state index >= 15 is 0 Å². The second kappa shape index (κ2) is 9.57. The highest BCUT2D eigenvalue weighted by Gasteiger charge is 2.23. The second-order valence-corrected chi connectivity index (χ2v) is 7.76. The largest absolute Gasteiger partial charge is 0.505 e. The summed E-state index contributed by atoms with van der Waals surface area (Å²) >= 11 is 0. The van der Waals surface area contributed by atoms with Gasteiger partial charge in [0.1, 0.15) is 17.0 Å². The number of benzene rings is 2. The number of carboxylic acids is 1. The van der Waals surface area contributed by atoms with Crippen molar-refractivity contribution in [1.29, 1.82) is 0 Å². The molecule has 36 heavy (non-hydrogen) atoms. The van der Waals surface area contributed by atoms with E-state index in [4.69, 9.17) is 0 Å². The van der Waals surface area contributed by atoms with Gasteiger partial charge in [0.2, 0.25) is 5.65 Å². The number of rotatable bonds is 9. The molecule has 0 fully saturated rings. The molecule has 0 spiro atoms. The van der Waals surface area contributed by atoms with Gasteiger partial charge in [-0.1, -0.05) is 12.1 Å². The molecule has 0 aliphatic heterocycles. The van der Waals surface area contributed by atoms with Crippen molar-refractivity contribution in [3.05, 3.63) is 79.3 Å². The molecule has 0 atom stereocenters. The Morgan fingerprint density at radius 2 is 1.81 bits per heavy atom. The van der Waals surface area contributed by atoms with Crippen molar-refractivity contribution in [3.63, 3.8) is 0 Å².